The van der Waals surface area contributed by atoms with Crippen molar-refractivity contribution in [1.82, 2.24) is 4.98 Å². The highest BCUT2D eigenvalue weighted by Gasteiger charge is 2.10. The lowest BCUT2D eigenvalue weighted by Gasteiger charge is -2.09. The molecular formula is C18H21NO2. The van der Waals surface area contributed by atoms with Crippen LogP contribution in [0.15, 0.2) is 54.7 Å². The lowest BCUT2D eigenvalue weighted by Crippen LogP contribution is -2.11. The van der Waals surface area contributed by atoms with Crippen molar-refractivity contribution in [2.24, 2.45) is 0 Å². The van der Waals surface area contributed by atoms with Crippen molar-refractivity contribution in [2.75, 3.05) is 0 Å². The van der Waals surface area contributed by atoms with E-state index in [-0.39, 0.29) is 5.78 Å². The molecule has 3 heteroatoms. The van der Waals surface area contributed by atoms with Crippen molar-refractivity contribution in [1.29, 1.82) is 0 Å². The maximum absolute atomic E-state index is 11.9. The van der Waals surface area contributed by atoms with Gasteiger partial charge in [-0.1, -0.05) is 36.4 Å². The number of hydrogen-bond donors (Lipinski definition) is 1. The lowest BCUT2D eigenvalue weighted by atomic mass is 10.0. The molecule has 0 spiro atoms. The second kappa shape index (κ2) is 8.32. The number of carbonyl (C=O) groups is 1. The second-order valence-corrected chi connectivity index (χ2v) is 5.21. The maximum Gasteiger partial charge on any atom is 0.181 e. The SMILES string of the molecule is O=C(CCC(O)CCCc1ccccc1)c1ccccn1. The van der Waals surface area contributed by atoms with Gasteiger partial charge < -0.3 is 5.11 Å². The molecule has 2 rings (SSSR count). The molecule has 1 aromatic heterocycles. The molecule has 2 aromatic rings. The zero-order valence-electron chi connectivity index (χ0n) is 12.1. The Morgan fingerprint density at radius 3 is 2.52 bits per heavy atom. The van der Waals surface area contributed by atoms with Gasteiger partial charge in [-0.2, -0.15) is 0 Å². The molecule has 21 heavy (non-hydrogen) atoms. The third-order valence-electron chi connectivity index (χ3n) is 3.50. The summed E-state index contributed by atoms with van der Waals surface area (Å²) >= 11 is 0. The molecule has 0 aliphatic heterocycles. The van der Waals surface area contributed by atoms with Gasteiger partial charge in [0.15, 0.2) is 5.78 Å². The standard InChI is InChI=1S/C18H21NO2/c20-16(10-6-9-15-7-2-1-3-8-15)12-13-18(21)17-11-4-5-14-19-17/h1-5,7-8,11,14,16,20H,6,9-10,12-13H2. The van der Waals surface area contributed by atoms with E-state index in [9.17, 15) is 9.90 Å². The van der Waals surface area contributed by atoms with E-state index < -0.39 is 6.10 Å². The monoisotopic (exact) mass is 283 g/mol. The van der Waals surface area contributed by atoms with E-state index >= 15 is 0 Å². The number of rotatable bonds is 8. The van der Waals surface area contributed by atoms with Gasteiger partial charge in [-0.3, -0.25) is 9.78 Å². The predicted octanol–water partition coefficient (Wildman–Crippen LogP) is 3.43. The number of ketones is 1. The van der Waals surface area contributed by atoms with Crippen LogP contribution in [-0.4, -0.2) is 22.0 Å². The number of Topliss-reactive ketones (excluding diaryl/α,β-unsaturated/α-hetero) is 1. The van der Waals surface area contributed by atoms with Crippen molar-refractivity contribution in [3.05, 3.63) is 66.0 Å². The van der Waals surface area contributed by atoms with E-state index in [1.807, 2.05) is 18.2 Å². The van der Waals surface area contributed by atoms with E-state index in [1.54, 1.807) is 24.4 Å². The summed E-state index contributed by atoms with van der Waals surface area (Å²) in [5.74, 6) is -0.00212. The van der Waals surface area contributed by atoms with Crippen LogP contribution in [0.4, 0.5) is 0 Å². The zero-order chi connectivity index (χ0) is 14.9. The number of aliphatic hydroxyl groups is 1. The number of benzene rings is 1. The van der Waals surface area contributed by atoms with Crippen LogP contribution < -0.4 is 0 Å². The Morgan fingerprint density at radius 1 is 1.05 bits per heavy atom. The van der Waals surface area contributed by atoms with Gasteiger partial charge in [0.1, 0.15) is 5.69 Å². The maximum atomic E-state index is 11.9. The summed E-state index contributed by atoms with van der Waals surface area (Å²) in [6, 6.07) is 15.5. The molecule has 0 saturated heterocycles. The van der Waals surface area contributed by atoms with Crippen molar-refractivity contribution >= 4 is 5.78 Å². The highest BCUT2D eigenvalue weighted by Crippen LogP contribution is 2.11. The van der Waals surface area contributed by atoms with Gasteiger partial charge in [0, 0.05) is 12.6 Å². The molecule has 0 fully saturated rings. The summed E-state index contributed by atoms with van der Waals surface area (Å²) in [4.78, 5) is 15.9. The van der Waals surface area contributed by atoms with Crippen molar-refractivity contribution in [2.45, 2.75) is 38.2 Å². The Kier molecular flexibility index (Phi) is 6.10. The van der Waals surface area contributed by atoms with Crippen LogP contribution >= 0.6 is 0 Å². The summed E-state index contributed by atoms with van der Waals surface area (Å²) in [5, 5.41) is 9.95. The quantitative estimate of drug-likeness (QED) is 0.755. The summed E-state index contributed by atoms with van der Waals surface area (Å²) < 4.78 is 0. The molecular weight excluding hydrogens is 262 g/mol. The van der Waals surface area contributed by atoms with Crippen LogP contribution in [0.2, 0.25) is 0 Å². The van der Waals surface area contributed by atoms with Gasteiger partial charge in [0.2, 0.25) is 0 Å². The van der Waals surface area contributed by atoms with Gasteiger partial charge in [-0.25, -0.2) is 0 Å². The second-order valence-electron chi connectivity index (χ2n) is 5.21. The molecule has 1 N–H and O–H groups in total. The predicted molar refractivity (Wildman–Crippen MR) is 83.2 cm³/mol. The number of hydrogen-bond acceptors (Lipinski definition) is 3. The fourth-order valence-electron chi connectivity index (χ4n) is 2.28. The molecule has 0 bridgehead atoms. The van der Waals surface area contributed by atoms with Crippen LogP contribution in [-0.2, 0) is 6.42 Å². The summed E-state index contributed by atoms with van der Waals surface area (Å²) in [7, 11) is 0. The Bertz CT molecular complexity index is 540. The van der Waals surface area contributed by atoms with Gasteiger partial charge in [-0.15, -0.1) is 0 Å². The molecule has 1 atom stereocenters. The summed E-state index contributed by atoms with van der Waals surface area (Å²) in [6.07, 6.45) is 4.68. The number of aliphatic hydroxyl groups excluding tert-OH is 1. The van der Waals surface area contributed by atoms with E-state index in [2.05, 4.69) is 17.1 Å². The molecule has 1 heterocycles. The van der Waals surface area contributed by atoms with Crippen LogP contribution in [0, 0.1) is 0 Å². The largest absolute Gasteiger partial charge is 0.393 e. The van der Waals surface area contributed by atoms with Crippen molar-refractivity contribution in [3.8, 4) is 0 Å². The van der Waals surface area contributed by atoms with E-state index in [0.717, 1.165) is 19.3 Å². The lowest BCUT2D eigenvalue weighted by molar-refractivity contribution is 0.0927. The molecule has 0 aliphatic carbocycles. The number of aromatic nitrogens is 1. The molecule has 1 aromatic carbocycles. The Labute approximate surface area is 125 Å². The summed E-state index contributed by atoms with van der Waals surface area (Å²) in [5.41, 5.74) is 1.77. The topological polar surface area (TPSA) is 50.2 Å². The average molecular weight is 283 g/mol. The molecule has 0 radical (unpaired) electrons. The minimum Gasteiger partial charge on any atom is -0.393 e. The minimum absolute atomic E-state index is 0.00212. The first-order chi connectivity index (χ1) is 10.3. The fourth-order valence-corrected chi connectivity index (χ4v) is 2.28. The first-order valence-corrected chi connectivity index (χ1v) is 7.42. The zero-order valence-corrected chi connectivity index (χ0v) is 12.1. The number of aryl methyl sites for hydroxylation is 1. The Hall–Kier alpha value is -2.00. The molecule has 3 nitrogen and oxygen atoms in total. The highest BCUT2D eigenvalue weighted by molar-refractivity contribution is 5.94. The summed E-state index contributed by atoms with van der Waals surface area (Å²) in [6.45, 7) is 0. The van der Waals surface area contributed by atoms with Crippen LogP contribution in [0.1, 0.15) is 41.7 Å². The van der Waals surface area contributed by atoms with Crippen LogP contribution in [0.3, 0.4) is 0 Å². The van der Waals surface area contributed by atoms with Crippen LogP contribution in [0.5, 0.6) is 0 Å². The van der Waals surface area contributed by atoms with Gasteiger partial charge in [0.05, 0.1) is 6.10 Å². The average Bonchev–Trinajstić information content (AvgIpc) is 2.54. The number of pyridine rings is 1. The smallest absolute Gasteiger partial charge is 0.181 e. The number of nitrogens with zero attached hydrogens (tertiary/aromatic N) is 1. The van der Waals surface area contributed by atoms with E-state index in [1.165, 1.54) is 5.56 Å². The highest BCUT2D eigenvalue weighted by atomic mass is 16.3. The molecule has 0 saturated carbocycles. The number of carbonyl (C=O) groups excluding carboxylic acids is 1. The molecule has 110 valence electrons. The van der Waals surface area contributed by atoms with Crippen LogP contribution in [0.25, 0.3) is 0 Å². The Morgan fingerprint density at radius 2 is 1.81 bits per heavy atom. The third kappa shape index (κ3) is 5.48. The molecule has 1 unspecified atom stereocenters. The van der Waals surface area contributed by atoms with Gasteiger partial charge >= 0.3 is 0 Å². The molecule has 0 aliphatic rings. The molecule has 0 amide bonds. The fraction of sp³-hybridized carbons (Fsp3) is 0.333. The van der Waals surface area contributed by atoms with Crippen molar-refractivity contribution < 1.29 is 9.90 Å². The Balaban J connectivity index is 1.66. The normalized spacial score (nSPS) is 12.0. The first-order valence-electron chi connectivity index (χ1n) is 7.42. The van der Waals surface area contributed by atoms with Gasteiger partial charge in [-0.05, 0) is 43.4 Å². The van der Waals surface area contributed by atoms with Gasteiger partial charge in [0.25, 0.3) is 0 Å². The van der Waals surface area contributed by atoms with E-state index in [4.69, 9.17) is 0 Å². The minimum atomic E-state index is -0.415. The van der Waals surface area contributed by atoms with Crippen molar-refractivity contribution in [3.63, 3.8) is 0 Å². The first kappa shape index (κ1) is 15.4. The third-order valence-corrected chi connectivity index (χ3v) is 3.50. The van der Waals surface area contributed by atoms with E-state index in [0.29, 0.717) is 18.5 Å².